The summed E-state index contributed by atoms with van der Waals surface area (Å²) in [7, 11) is 0. The van der Waals surface area contributed by atoms with E-state index in [1.54, 1.807) is 0 Å². The Morgan fingerprint density at radius 2 is 0.390 bits per heavy atom. The minimum atomic E-state index is 0.938. The number of hydrogen-bond acceptors (Lipinski definition) is 0. The summed E-state index contributed by atoms with van der Waals surface area (Å²) in [6.45, 7) is 14.7. The molecule has 0 aromatic rings. The van der Waals surface area contributed by atoms with Gasteiger partial charge in [-0.1, -0.05) is 241 Å². The van der Waals surface area contributed by atoms with E-state index in [2.05, 4.69) is 41.5 Å². The molecule has 0 bridgehead atoms. The first kappa shape index (κ1) is 41.0. The van der Waals surface area contributed by atoms with Crippen LogP contribution in [0, 0.1) is 23.7 Å². The van der Waals surface area contributed by atoms with Crippen LogP contribution in [0.15, 0.2) is 0 Å². The highest BCUT2D eigenvalue weighted by atomic mass is 14.2. The molecule has 4 atom stereocenters. The summed E-state index contributed by atoms with van der Waals surface area (Å²) >= 11 is 0. The van der Waals surface area contributed by atoms with Crippen LogP contribution in [0.1, 0.15) is 241 Å². The van der Waals surface area contributed by atoms with E-state index >= 15 is 0 Å². The molecule has 0 spiro atoms. The molecule has 0 saturated heterocycles. The van der Waals surface area contributed by atoms with Crippen LogP contribution in [0.25, 0.3) is 0 Å². The highest BCUT2D eigenvalue weighted by Gasteiger charge is 2.09. The first-order valence-electron chi connectivity index (χ1n) is 20.0. The lowest BCUT2D eigenvalue weighted by Crippen LogP contribution is -2.02. The Morgan fingerprint density at radius 3 is 0.610 bits per heavy atom. The monoisotopic (exact) mass is 577 g/mol. The van der Waals surface area contributed by atoms with E-state index in [9.17, 15) is 0 Å². The fourth-order valence-electron chi connectivity index (χ4n) is 6.98. The molecule has 0 N–H and O–H groups in total. The van der Waals surface area contributed by atoms with Crippen molar-refractivity contribution in [2.45, 2.75) is 241 Å². The lowest BCUT2D eigenvalue weighted by atomic mass is 9.89. The van der Waals surface area contributed by atoms with Crippen molar-refractivity contribution in [3.05, 3.63) is 0 Å². The lowest BCUT2D eigenvalue weighted by molar-refractivity contribution is 0.364. The normalized spacial score (nSPS) is 14.8. The highest BCUT2D eigenvalue weighted by Crippen LogP contribution is 2.24. The molecule has 0 heteroatoms. The van der Waals surface area contributed by atoms with Crippen molar-refractivity contribution in [2.24, 2.45) is 23.7 Å². The van der Waals surface area contributed by atoms with Crippen molar-refractivity contribution in [2.75, 3.05) is 0 Å². The van der Waals surface area contributed by atoms with Gasteiger partial charge in [-0.3, -0.25) is 0 Å². The van der Waals surface area contributed by atoms with E-state index in [1.165, 1.54) is 199 Å². The molecular weight excluding hydrogens is 492 g/mol. The Labute approximate surface area is 263 Å². The Kier molecular flexibility index (Phi) is 32.9. The average Bonchev–Trinajstić information content (AvgIpc) is 2.95. The van der Waals surface area contributed by atoms with Gasteiger partial charge in [-0.15, -0.1) is 0 Å². The van der Waals surface area contributed by atoms with Crippen molar-refractivity contribution in [3.8, 4) is 0 Å². The molecule has 0 rings (SSSR count). The third-order valence-electron chi connectivity index (χ3n) is 10.3. The zero-order valence-corrected chi connectivity index (χ0v) is 30.2. The van der Waals surface area contributed by atoms with E-state index in [4.69, 9.17) is 0 Å². The third-order valence-corrected chi connectivity index (χ3v) is 10.3. The van der Waals surface area contributed by atoms with E-state index < -0.39 is 0 Å². The molecule has 0 aliphatic carbocycles. The maximum atomic E-state index is 2.52. The number of hydrogen-bond donors (Lipinski definition) is 0. The zero-order valence-electron chi connectivity index (χ0n) is 30.2. The maximum absolute atomic E-state index is 2.52. The first-order valence-corrected chi connectivity index (χ1v) is 20.0. The first-order chi connectivity index (χ1) is 20.0. The van der Waals surface area contributed by atoms with Gasteiger partial charge in [0.1, 0.15) is 0 Å². The smallest absolute Gasteiger partial charge is 0.0443 e. The molecule has 0 aliphatic heterocycles. The molecule has 0 heterocycles. The van der Waals surface area contributed by atoms with Gasteiger partial charge in [0, 0.05) is 0 Å². The van der Waals surface area contributed by atoms with Crippen LogP contribution in [0.4, 0.5) is 0 Å². The molecule has 0 fully saturated rings. The van der Waals surface area contributed by atoms with E-state index in [-0.39, 0.29) is 0 Å². The number of unbranched alkanes of at least 4 members (excludes halogenated alkanes) is 18. The van der Waals surface area contributed by atoms with Gasteiger partial charge in [0.05, 0.1) is 0 Å². The minimum absolute atomic E-state index is 0.938. The van der Waals surface area contributed by atoms with Gasteiger partial charge in [-0.05, 0) is 23.7 Å². The summed E-state index contributed by atoms with van der Waals surface area (Å²) in [5.74, 6) is 3.77. The van der Waals surface area contributed by atoms with Gasteiger partial charge in [-0.2, -0.15) is 0 Å². The largest absolute Gasteiger partial charge is 0.0654 e. The van der Waals surface area contributed by atoms with Gasteiger partial charge < -0.3 is 0 Å². The quantitative estimate of drug-likeness (QED) is 0.0668. The summed E-state index contributed by atoms with van der Waals surface area (Å²) in [5, 5.41) is 0. The summed E-state index contributed by atoms with van der Waals surface area (Å²) in [4.78, 5) is 0. The van der Waals surface area contributed by atoms with Gasteiger partial charge >= 0.3 is 0 Å². The molecule has 41 heavy (non-hydrogen) atoms. The van der Waals surface area contributed by atoms with Gasteiger partial charge in [-0.25, -0.2) is 0 Å². The second kappa shape index (κ2) is 32.9. The second-order valence-corrected chi connectivity index (χ2v) is 15.2. The highest BCUT2D eigenvalue weighted by molar-refractivity contribution is 4.62. The van der Waals surface area contributed by atoms with Gasteiger partial charge in [0.25, 0.3) is 0 Å². The predicted molar refractivity (Wildman–Crippen MR) is 191 cm³/mol. The van der Waals surface area contributed by atoms with Crippen molar-refractivity contribution < 1.29 is 0 Å². The Balaban J connectivity index is 3.46. The van der Waals surface area contributed by atoms with Crippen LogP contribution in [-0.2, 0) is 0 Å². The summed E-state index contributed by atoms with van der Waals surface area (Å²) < 4.78 is 0. The van der Waals surface area contributed by atoms with Crippen LogP contribution in [-0.4, -0.2) is 0 Å². The van der Waals surface area contributed by atoms with Crippen molar-refractivity contribution in [3.63, 3.8) is 0 Å². The van der Waals surface area contributed by atoms with Gasteiger partial charge in [0.15, 0.2) is 0 Å². The third kappa shape index (κ3) is 32.7. The molecule has 248 valence electrons. The predicted octanol–water partition coefficient (Wildman–Crippen LogP) is 15.7. The molecule has 4 unspecified atom stereocenters. The molecular formula is C41H84. The van der Waals surface area contributed by atoms with E-state index in [1.807, 2.05) is 0 Å². The molecule has 0 radical (unpaired) electrons. The SMILES string of the molecule is CCCCCCCCCCCCCCC(C)CCCC(C)CCCC(C)CCCC(C)CCCCCCCCCC. The zero-order chi connectivity index (χ0) is 30.2. The van der Waals surface area contributed by atoms with Gasteiger partial charge in [0.2, 0.25) is 0 Å². The van der Waals surface area contributed by atoms with Crippen LogP contribution in [0.3, 0.4) is 0 Å². The molecule has 0 saturated carbocycles. The van der Waals surface area contributed by atoms with E-state index in [0.717, 1.165) is 23.7 Å². The average molecular weight is 577 g/mol. The van der Waals surface area contributed by atoms with Crippen LogP contribution < -0.4 is 0 Å². The van der Waals surface area contributed by atoms with E-state index in [0.29, 0.717) is 0 Å². The fourth-order valence-corrected chi connectivity index (χ4v) is 6.98. The molecule has 0 aromatic carbocycles. The molecule has 0 aliphatic rings. The number of rotatable bonds is 34. The second-order valence-electron chi connectivity index (χ2n) is 15.2. The maximum Gasteiger partial charge on any atom is -0.0443 e. The minimum Gasteiger partial charge on any atom is -0.0654 e. The molecule has 0 amide bonds. The fraction of sp³-hybridized carbons (Fsp3) is 1.00. The summed E-state index contributed by atoms with van der Waals surface area (Å²) in [6, 6.07) is 0. The van der Waals surface area contributed by atoms with Crippen molar-refractivity contribution >= 4 is 0 Å². The Hall–Kier alpha value is 0. The Morgan fingerprint density at radius 1 is 0.220 bits per heavy atom. The van der Waals surface area contributed by atoms with Crippen molar-refractivity contribution in [1.82, 2.24) is 0 Å². The van der Waals surface area contributed by atoms with Crippen LogP contribution >= 0.6 is 0 Å². The van der Waals surface area contributed by atoms with Crippen LogP contribution in [0.2, 0.25) is 0 Å². The lowest BCUT2D eigenvalue weighted by Gasteiger charge is -2.17. The molecule has 0 nitrogen and oxygen atoms in total. The van der Waals surface area contributed by atoms with Crippen LogP contribution in [0.5, 0.6) is 0 Å². The van der Waals surface area contributed by atoms with Crippen molar-refractivity contribution in [1.29, 1.82) is 0 Å². The summed E-state index contributed by atoms with van der Waals surface area (Å²) in [6.07, 6.45) is 45.4. The standard InChI is InChI=1S/C41H84/c1-7-9-11-13-15-17-18-19-20-22-24-26-31-39(4)33-28-35-41(6)37-29-36-40(5)34-27-32-38(3)30-25-23-21-16-14-12-10-8-2/h38-41H,7-37H2,1-6H3. The molecule has 0 aromatic heterocycles. The summed E-state index contributed by atoms with van der Waals surface area (Å²) in [5.41, 5.74) is 0. The topological polar surface area (TPSA) is 0 Å². The Bertz CT molecular complexity index is 467.